The Kier molecular flexibility index (Phi) is 9.84. The number of rotatable bonds is 9. The number of likely N-dealkylation sites (tertiary alicyclic amines) is 2. The molecule has 52 heavy (non-hydrogen) atoms. The zero-order valence-electron chi connectivity index (χ0n) is 30.4. The summed E-state index contributed by atoms with van der Waals surface area (Å²) < 4.78 is 4.70. The maximum atomic E-state index is 13.4. The predicted octanol–water partition coefficient (Wildman–Crippen LogP) is 5.98. The molecule has 2 aromatic heterocycles. The first-order valence-electron chi connectivity index (χ1n) is 17.5. The van der Waals surface area contributed by atoms with Crippen LogP contribution in [-0.4, -0.2) is 102 Å². The molecule has 0 spiro atoms. The van der Waals surface area contributed by atoms with E-state index in [-0.39, 0.29) is 23.9 Å². The van der Waals surface area contributed by atoms with Crippen LogP contribution in [-0.2, 0) is 14.3 Å². The molecule has 2 fully saturated rings. The van der Waals surface area contributed by atoms with E-state index in [0.29, 0.717) is 24.7 Å². The molecular weight excluding hydrogens is 664 g/mol. The maximum absolute atomic E-state index is 13.4. The Morgan fingerprint density at radius 1 is 0.769 bits per heavy atom. The van der Waals surface area contributed by atoms with Gasteiger partial charge in [0.05, 0.1) is 43.0 Å². The van der Waals surface area contributed by atoms with Gasteiger partial charge in [0.25, 0.3) is 0 Å². The average molecular weight is 711 g/mol. The van der Waals surface area contributed by atoms with Crippen molar-refractivity contribution < 1.29 is 29.0 Å². The minimum atomic E-state index is -1.21. The number of carbonyl (C=O) groups is 4. The van der Waals surface area contributed by atoms with Crippen molar-refractivity contribution in [3.8, 4) is 33.6 Å². The van der Waals surface area contributed by atoms with Crippen LogP contribution in [0.2, 0.25) is 0 Å². The lowest BCUT2D eigenvalue weighted by Gasteiger charge is -2.37. The molecule has 0 aliphatic carbocycles. The number of carboxylic acid groups (broad SMARTS) is 1. The van der Waals surface area contributed by atoms with Gasteiger partial charge < -0.3 is 34.9 Å². The maximum Gasteiger partial charge on any atom is 0.407 e. The second kappa shape index (κ2) is 14.2. The summed E-state index contributed by atoms with van der Waals surface area (Å²) in [7, 11) is 2.68. The summed E-state index contributed by atoms with van der Waals surface area (Å²) in [5.74, 6) is 0.950. The number of imidazole rings is 2. The quantitative estimate of drug-likeness (QED) is 0.164. The summed E-state index contributed by atoms with van der Waals surface area (Å²) in [4.78, 5) is 70.9. The molecule has 4 amide bonds. The first kappa shape index (κ1) is 36.1. The molecule has 2 aliphatic rings. The molecule has 2 aliphatic heterocycles. The second-order valence-electron chi connectivity index (χ2n) is 14.5. The van der Waals surface area contributed by atoms with Crippen LogP contribution in [0.5, 0.6) is 0 Å². The molecule has 0 bridgehead atoms. The fraction of sp³-hybridized carbons (Fsp3) is 0.421. The largest absolute Gasteiger partial charge is 0.465 e. The molecule has 4 aromatic rings. The molecule has 2 saturated heterocycles. The summed E-state index contributed by atoms with van der Waals surface area (Å²) in [6.07, 6.45) is 4.91. The standard InChI is InChI=1S/C38H46N8O6/c1-37(2,43-35(49)52-6)33(47)45-19-7-9-29(45)31-39-21-27(41-31)25-15-11-23(12-16-25)24-13-17-26(18-14-24)28-22-40-32(42-28)30-10-8-20-46(30)34(48)38(3,4)44(5)36(50)51/h11-18,21-22,29-30H,7-10,19-20H2,1-6H3,(H,39,41)(H,40,42)(H,43,49)(H,50,51)/t29?,30-/m0/s1. The van der Waals surface area contributed by atoms with Gasteiger partial charge in [0, 0.05) is 20.1 Å². The molecule has 6 rings (SSSR count). The third kappa shape index (κ3) is 6.97. The fourth-order valence-corrected chi connectivity index (χ4v) is 7.03. The van der Waals surface area contributed by atoms with E-state index < -0.39 is 23.3 Å². The number of hydrogen-bond acceptors (Lipinski definition) is 7. The third-order valence-electron chi connectivity index (χ3n) is 10.4. The summed E-state index contributed by atoms with van der Waals surface area (Å²) in [6, 6.07) is 15.9. The SMILES string of the molecule is COC(=O)NC(C)(C)C(=O)N1CCCC1c1ncc(-c2ccc(-c3ccc(-c4cnc([C@@H]5CCCN5C(=O)C(C)(C)N(C)C(=O)O)[nH]4)cc3)cc2)[nH]1. The van der Waals surface area contributed by atoms with Crippen molar-refractivity contribution >= 4 is 24.0 Å². The van der Waals surface area contributed by atoms with Gasteiger partial charge in [-0.25, -0.2) is 19.6 Å². The van der Waals surface area contributed by atoms with Crippen molar-refractivity contribution in [2.45, 2.75) is 76.5 Å². The monoisotopic (exact) mass is 710 g/mol. The van der Waals surface area contributed by atoms with E-state index in [2.05, 4.69) is 49.5 Å². The normalized spacial score (nSPS) is 17.7. The number of likely N-dealkylation sites (N-methyl/N-ethyl adjacent to an activating group) is 1. The van der Waals surface area contributed by atoms with Crippen molar-refractivity contribution in [2.24, 2.45) is 0 Å². The molecule has 14 heteroatoms. The molecule has 4 heterocycles. The molecular formula is C38H46N8O6. The topological polar surface area (TPSA) is 177 Å². The van der Waals surface area contributed by atoms with Crippen LogP contribution in [0.3, 0.4) is 0 Å². The van der Waals surface area contributed by atoms with Gasteiger partial charge in [-0.05, 0) is 75.6 Å². The molecule has 2 aromatic carbocycles. The summed E-state index contributed by atoms with van der Waals surface area (Å²) in [5, 5.41) is 12.1. The molecule has 2 atom stereocenters. The van der Waals surface area contributed by atoms with Gasteiger partial charge in [0.2, 0.25) is 11.8 Å². The lowest BCUT2D eigenvalue weighted by atomic mass is 10.0. The highest BCUT2D eigenvalue weighted by Gasteiger charge is 2.43. The molecule has 0 radical (unpaired) electrons. The van der Waals surface area contributed by atoms with Crippen LogP contribution in [0.15, 0.2) is 60.9 Å². The Bertz CT molecular complexity index is 1950. The van der Waals surface area contributed by atoms with Crippen molar-refractivity contribution in [2.75, 3.05) is 27.2 Å². The van der Waals surface area contributed by atoms with Crippen molar-refractivity contribution in [1.29, 1.82) is 0 Å². The highest BCUT2D eigenvalue weighted by Crippen LogP contribution is 2.36. The van der Waals surface area contributed by atoms with Crippen LogP contribution >= 0.6 is 0 Å². The highest BCUT2D eigenvalue weighted by atomic mass is 16.5. The van der Waals surface area contributed by atoms with Gasteiger partial charge in [-0.1, -0.05) is 48.5 Å². The number of H-pyrrole nitrogens is 2. The van der Waals surface area contributed by atoms with Crippen LogP contribution in [0, 0.1) is 0 Å². The van der Waals surface area contributed by atoms with Gasteiger partial charge in [-0.3, -0.25) is 14.5 Å². The number of carbonyl (C=O) groups excluding carboxylic acids is 3. The minimum Gasteiger partial charge on any atom is -0.465 e. The lowest BCUT2D eigenvalue weighted by Crippen LogP contribution is -2.56. The Labute approximate surface area is 302 Å². The molecule has 274 valence electrons. The highest BCUT2D eigenvalue weighted by molar-refractivity contribution is 5.90. The van der Waals surface area contributed by atoms with Crippen LogP contribution < -0.4 is 5.32 Å². The van der Waals surface area contributed by atoms with Gasteiger partial charge >= 0.3 is 12.2 Å². The Balaban J connectivity index is 1.11. The zero-order chi connectivity index (χ0) is 37.4. The van der Waals surface area contributed by atoms with Crippen LogP contribution in [0.25, 0.3) is 33.6 Å². The smallest absolute Gasteiger partial charge is 0.407 e. The molecule has 4 N–H and O–H groups in total. The van der Waals surface area contributed by atoms with Crippen molar-refractivity contribution in [1.82, 2.24) is 40.0 Å². The van der Waals surface area contributed by atoms with Gasteiger partial charge in [0.1, 0.15) is 22.7 Å². The average Bonchev–Trinajstić information content (AvgIpc) is 3.97. The van der Waals surface area contributed by atoms with Crippen molar-refractivity contribution in [3.05, 3.63) is 72.6 Å². The summed E-state index contributed by atoms with van der Waals surface area (Å²) in [6.45, 7) is 7.71. The van der Waals surface area contributed by atoms with Crippen LogP contribution in [0.4, 0.5) is 9.59 Å². The van der Waals surface area contributed by atoms with Gasteiger partial charge in [0.15, 0.2) is 0 Å². The number of nitrogens with one attached hydrogen (secondary N) is 3. The van der Waals surface area contributed by atoms with Crippen LogP contribution in [0.1, 0.15) is 77.1 Å². The van der Waals surface area contributed by atoms with E-state index in [9.17, 15) is 24.3 Å². The Hall–Kier alpha value is -5.66. The number of hydrogen-bond donors (Lipinski definition) is 4. The van der Waals surface area contributed by atoms with E-state index in [1.165, 1.54) is 14.2 Å². The van der Waals surface area contributed by atoms with E-state index in [4.69, 9.17) is 4.74 Å². The van der Waals surface area contributed by atoms with E-state index >= 15 is 0 Å². The number of alkyl carbamates (subject to hydrolysis) is 1. The van der Waals surface area contributed by atoms with E-state index in [1.807, 2.05) is 24.3 Å². The second-order valence-corrected chi connectivity index (χ2v) is 14.5. The number of nitrogens with zero attached hydrogens (tertiary/aromatic N) is 5. The number of ether oxygens (including phenoxy) is 1. The number of aromatic nitrogens is 4. The predicted molar refractivity (Wildman–Crippen MR) is 194 cm³/mol. The van der Waals surface area contributed by atoms with Gasteiger partial charge in [-0.15, -0.1) is 0 Å². The number of benzene rings is 2. The molecule has 0 saturated carbocycles. The molecule has 14 nitrogen and oxygen atoms in total. The van der Waals surface area contributed by atoms with E-state index in [1.54, 1.807) is 49.9 Å². The number of aromatic amines is 2. The lowest BCUT2D eigenvalue weighted by molar-refractivity contribution is -0.142. The fourth-order valence-electron chi connectivity index (χ4n) is 7.03. The third-order valence-corrected chi connectivity index (χ3v) is 10.4. The Morgan fingerprint density at radius 3 is 1.62 bits per heavy atom. The number of methoxy groups -OCH3 is 1. The Morgan fingerprint density at radius 2 is 1.19 bits per heavy atom. The first-order chi connectivity index (χ1) is 24.7. The summed E-state index contributed by atoms with van der Waals surface area (Å²) >= 11 is 0. The molecule has 1 unspecified atom stereocenters. The van der Waals surface area contributed by atoms with Crippen molar-refractivity contribution in [3.63, 3.8) is 0 Å². The summed E-state index contributed by atoms with van der Waals surface area (Å²) in [5.41, 5.74) is 3.35. The number of amides is 4. The van der Waals surface area contributed by atoms with E-state index in [0.717, 1.165) is 64.2 Å². The first-order valence-corrected chi connectivity index (χ1v) is 17.5. The minimum absolute atomic E-state index is 0.194. The van der Waals surface area contributed by atoms with Gasteiger partial charge in [-0.2, -0.15) is 0 Å². The zero-order valence-corrected chi connectivity index (χ0v) is 30.4.